The van der Waals surface area contributed by atoms with Gasteiger partial charge in [-0.2, -0.15) is 0 Å². The molecule has 4 N–H and O–H groups in total. The van der Waals surface area contributed by atoms with Gasteiger partial charge in [0.1, 0.15) is 12.1 Å². The Hall–Kier alpha value is -1.14. The molecule has 0 heterocycles. The number of hydrogen-bond acceptors (Lipinski definition) is 6. The number of carbonyl (C=O) groups is 2. The van der Waals surface area contributed by atoms with Crippen molar-refractivity contribution in [2.45, 2.75) is 91.1 Å². The highest BCUT2D eigenvalue weighted by Crippen LogP contribution is 2.10. The third kappa shape index (κ3) is 12.3. The van der Waals surface area contributed by atoms with E-state index >= 15 is 0 Å². The molecule has 0 aromatic carbocycles. The minimum atomic E-state index is -0.518. The second kappa shape index (κ2) is 15.0. The average Bonchev–Trinajstić information content (AvgIpc) is 2.60. The fourth-order valence-corrected chi connectivity index (χ4v) is 2.35. The average molecular weight is 373 g/mol. The van der Waals surface area contributed by atoms with Gasteiger partial charge in [-0.25, -0.2) is 0 Å². The number of unbranched alkanes of at least 4 members (excludes halogenated alkanes) is 7. The third-order valence-corrected chi connectivity index (χ3v) is 4.51. The summed E-state index contributed by atoms with van der Waals surface area (Å²) in [7, 11) is 0. The van der Waals surface area contributed by atoms with E-state index in [-0.39, 0.29) is 23.8 Å². The molecule has 0 radical (unpaired) electrons. The molecule has 0 bridgehead atoms. The maximum Gasteiger partial charge on any atom is 0.323 e. The van der Waals surface area contributed by atoms with Crippen LogP contribution in [0.5, 0.6) is 0 Å². The number of hydrogen-bond donors (Lipinski definition) is 2. The second-order valence-corrected chi connectivity index (χ2v) is 7.70. The zero-order chi connectivity index (χ0) is 19.9. The Balaban J connectivity index is 3.37. The largest absolute Gasteiger partial charge is 0.465 e. The molecule has 6 heteroatoms. The van der Waals surface area contributed by atoms with Gasteiger partial charge in [-0.05, 0) is 24.7 Å². The predicted octanol–water partition coefficient (Wildman–Crippen LogP) is 3.16. The van der Waals surface area contributed by atoms with Gasteiger partial charge in [0.25, 0.3) is 0 Å². The Morgan fingerprint density at radius 3 is 1.15 bits per heavy atom. The van der Waals surface area contributed by atoms with E-state index in [4.69, 9.17) is 20.9 Å². The van der Waals surface area contributed by atoms with E-state index in [1.807, 2.05) is 27.7 Å². The van der Waals surface area contributed by atoms with Gasteiger partial charge in [-0.15, -0.1) is 0 Å². The minimum absolute atomic E-state index is 0.109. The van der Waals surface area contributed by atoms with Crippen LogP contribution in [0.2, 0.25) is 0 Å². The lowest BCUT2D eigenvalue weighted by atomic mass is 10.1. The molecule has 2 unspecified atom stereocenters. The number of carbonyl (C=O) groups excluding carboxylic acids is 2. The summed E-state index contributed by atoms with van der Waals surface area (Å²) < 4.78 is 10.3. The van der Waals surface area contributed by atoms with Gasteiger partial charge in [0.2, 0.25) is 0 Å². The van der Waals surface area contributed by atoms with Crippen molar-refractivity contribution in [2.24, 2.45) is 23.3 Å². The number of ether oxygens (including phenoxy) is 2. The molecule has 0 amide bonds. The Bertz CT molecular complexity index is 350. The highest BCUT2D eigenvalue weighted by molar-refractivity contribution is 5.76. The molecular formula is C20H40N2O4. The molecule has 0 fully saturated rings. The fraction of sp³-hybridized carbons (Fsp3) is 0.900. The Kier molecular flexibility index (Phi) is 14.3. The molecule has 0 saturated carbocycles. The lowest BCUT2D eigenvalue weighted by molar-refractivity contribution is -0.147. The third-order valence-electron chi connectivity index (χ3n) is 4.51. The van der Waals surface area contributed by atoms with Crippen LogP contribution in [0.15, 0.2) is 0 Å². The van der Waals surface area contributed by atoms with E-state index in [9.17, 15) is 9.59 Å². The lowest BCUT2D eigenvalue weighted by Gasteiger charge is -2.14. The maximum absolute atomic E-state index is 11.6. The predicted molar refractivity (Wildman–Crippen MR) is 104 cm³/mol. The van der Waals surface area contributed by atoms with E-state index in [0.717, 1.165) is 38.5 Å². The van der Waals surface area contributed by atoms with Crippen LogP contribution in [0.25, 0.3) is 0 Å². The summed E-state index contributed by atoms with van der Waals surface area (Å²) in [6, 6.07) is -1.04. The SMILES string of the molecule is CC(C)C(N)C(=O)OCCCCCCCCCCOC(=O)C(N)C(C)C. The van der Waals surface area contributed by atoms with Crippen molar-refractivity contribution < 1.29 is 19.1 Å². The van der Waals surface area contributed by atoms with Gasteiger partial charge in [0.05, 0.1) is 13.2 Å². The highest BCUT2D eigenvalue weighted by atomic mass is 16.5. The topological polar surface area (TPSA) is 105 Å². The van der Waals surface area contributed by atoms with Crippen molar-refractivity contribution in [1.29, 1.82) is 0 Å². The maximum atomic E-state index is 11.6. The van der Waals surface area contributed by atoms with E-state index in [2.05, 4.69) is 0 Å². The highest BCUT2D eigenvalue weighted by Gasteiger charge is 2.18. The van der Waals surface area contributed by atoms with Crippen LogP contribution < -0.4 is 11.5 Å². The van der Waals surface area contributed by atoms with Gasteiger partial charge in [-0.1, -0.05) is 66.2 Å². The van der Waals surface area contributed by atoms with Crippen molar-refractivity contribution in [3.8, 4) is 0 Å². The number of nitrogens with two attached hydrogens (primary N) is 2. The van der Waals surface area contributed by atoms with Crippen LogP contribution in [0.3, 0.4) is 0 Å². The van der Waals surface area contributed by atoms with Crippen LogP contribution >= 0.6 is 0 Å². The van der Waals surface area contributed by atoms with Crippen LogP contribution in [-0.4, -0.2) is 37.2 Å². The van der Waals surface area contributed by atoms with E-state index < -0.39 is 12.1 Å². The molecule has 154 valence electrons. The molecule has 0 aromatic rings. The number of esters is 2. The molecule has 0 rings (SSSR count). The second-order valence-electron chi connectivity index (χ2n) is 7.70. The molecule has 6 nitrogen and oxygen atoms in total. The van der Waals surface area contributed by atoms with Gasteiger partial charge >= 0.3 is 11.9 Å². The standard InChI is InChI=1S/C20H40N2O4/c1-15(2)17(21)19(23)25-13-11-9-7-5-6-8-10-12-14-26-20(24)18(22)16(3)4/h15-18H,5-14,21-22H2,1-4H3. The molecule has 0 aliphatic heterocycles. The molecule has 0 aliphatic rings. The van der Waals surface area contributed by atoms with Crippen LogP contribution in [0.4, 0.5) is 0 Å². The first kappa shape index (κ1) is 24.9. The summed E-state index contributed by atoms with van der Waals surface area (Å²) in [5, 5.41) is 0. The Morgan fingerprint density at radius 1 is 0.615 bits per heavy atom. The van der Waals surface area contributed by atoms with Crippen molar-refractivity contribution in [3.05, 3.63) is 0 Å². The molecule has 0 aliphatic carbocycles. The first-order chi connectivity index (χ1) is 12.3. The van der Waals surface area contributed by atoms with Gasteiger partial charge in [0.15, 0.2) is 0 Å². The molecule has 2 atom stereocenters. The first-order valence-electron chi connectivity index (χ1n) is 10.1. The summed E-state index contributed by atoms with van der Waals surface area (Å²) in [5.41, 5.74) is 11.5. The Morgan fingerprint density at radius 2 is 0.885 bits per heavy atom. The molecule has 0 spiro atoms. The summed E-state index contributed by atoms with van der Waals surface area (Å²) in [6.45, 7) is 8.58. The molecular weight excluding hydrogens is 332 g/mol. The van der Waals surface area contributed by atoms with Gasteiger partial charge in [0, 0.05) is 0 Å². The summed E-state index contributed by atoms with van der Waals surface area (Å²) in [4.78, 5) is 23.1. The van der Waals surface area contributed by atoms with Crippen molar-refractivity contribution in [1.82, 2.24) is 0 Å². The van der Waals surface area contributed by atoms with E-state index in [1.165, 1.54) is 12.8 Å². The van der Waals surface area contributed by atoms with Crippen molar-refractivity contribution >= 4 is 11.9 Å². The minimum Gasteiger partial charge on any atom is -0.465 e. The van der Waals surface area contributed by atoms with Gasteiger partial charge in [-0.3, -0.25) is 9.59 Å². The van der Waals surface area contributed by atoms with Crippen LogP contribution in [-0.2, 0) is 19.1 Å². The van der Waals surface area contributed by atoms with Crippen LogP contribution in [0.1, 0.15) is 79.1 Å². The van der Waals surface area contributed by atoms with Crippen molar-refractivity contribution in [3.63, 3.8) is 0 Å². The van der Waals surface area contributed by atoms with E-state index in [1.54, 1.807) is 0 Å². The monoisotopic (exact) mass is 372 g/mol. The molecule has 0 saturated heterocycles. The number of rotatable bonds is 15. The summed E-state index contributed by atoms with van der Waals surface area (Å²) >= 11 is 0. The van der Waals surface area contributed by atoms with Gasteiger partial charge < -0.3 is 20.9 Å². The van der Waals surface area contributed by atoms with E-state index in [0.29, 0.717) is 13.2 Å². The fourth-order valence-electron chi connectivity index (χ4n) is 2.35. The van der Waals surface area contributed by atoms with Crippen LogP contribution in [0, 0.1) is 11.8 Å². The molecule has 26 heavy (non-hydrogen) atoms. The quantitative estimate of drug-likeness (QED) is 0.338. The first-order valence-corrected chi connectivity index (χ1v) is 10.1. The van der Waals surface area contributed by atoms with Crippen molar-refractivity contribution in [2.75, 3.05) is 13.2 Å². The molecule has 0 aromatic heterocycles. The smallest absolute Gasteiger partial charge is 0.323 e. The normalized spacial score (nSPS) is 13.7. The zero-order valence-corrected chi connectivity index (χ0v) is 17.2. The summed E-state index contributed by atoms with van der Waals surface area (Å²) in [6.07, 6.45) is 8.56. The lowest BCUT2D eigenvalue weighted by Crippen LogP contribution is -2.37. The summed E-state index contributed by atoms with van der Waals surface area (Å²) in [5.74, 6) is -0.374. The Labute approximate surface area is 159 Å². The zero-order valence-electron chi connectivity index (χ0n) is 17.2.